The van der Waals surface area contributed by atoms with E-state index >= 15 is 0 Å². The molecule has 0 fully saturated rings. The number of halogens is 1. The predicted molar refractivity (Wildman–Crippen MR) is 80.1 cm³/mol. The van der Waals surface area contributed by atoms with Crippen LogP contribution in [0.15, 0.2) is 48.5 Å². The summed E-state index contributed by atoms with van der Waals surface area (Å²) in [6, 6.07) is 13.2. The number of amides is 2. The molecule has 2 N–H and O–H groups in total. The summed E-state index contributed by atoms with van der Waals surface area (Å²) < 4.78 is 18.8. The lowest BCUT2D eigenvalue weighted by Gasteiger charge is -2.09. The number of rotatable bonds is 5. The van der Waals surface area contributed by atoms with Crippen molar-refractivity contribution in [2.45, 2.75) is 6.92 Å². The van der Waals surface area contributed by atoms with E-state index in [1.54, 1.807) is 12.1 Å². The second-order valence-corrected chi connectivity index (χ2v) is 4.53. The molecular weight excluding hydrogens is 271 g/mol. The van der Waals surface area contributed by atoms with Gasteiger partial charge in [-0.2, -0.15) is 0 Å². The van der Waals surface area contributed by atoms with Gasteiger partial charge >= 0.3 is 6.03 Å². The molecule has 0 aliphatic carbocycles. The third-order valence-corrected chi connectivity index (χ3v) is 2.77. The first-order valence-electron chi connectivity index (χ1n) is 6.64. The average molecular weight is 288 g/mol. The number of aryl methyl sites for hydroxylation is 1. The van der Waals surface area contributed by atoms with Crippen molar-refractivity contribution in [1.82, 2.24) is 5.32 Å². The van der Waals surface area contributed by atoms with Crippen molar-refractivity contribution in [3.05, 3.63) is 59.9 Å². The fourth-order valence-corrected chi connectivity index (χ4v) is 1.77. The van der Waals surface area contributed by atoms with Crippen LogP contribution >= 0.6 is 0 Å². The van der Waals surface area contributed by atoms with Gasteiger partial charge in [0.2, 0.25) is 0 Å². The fourth-order valence-electron chi connectivity index (χ4n) is 1.77. The number of carbonyl (C=O) groups is 1. The number of ether oxygens (including phenoxy) is 1. The van der Waals surface area contributed by atoms with Gasteiger partial charge in [0.15, 0.2) is 0 Å². The highest BCUT2D eigenvalue weighted by atomic mass is 19.1. The third-order valence-electron chi connectivity index (χ3n) is 2.77. The van der Waals surface area contributed by atoms with Crippen LogP contribution in [0.1, 0.15) is 5.56 Å². The van der Waals surface area contributed by atoms with E-state index in [0.717, 1.165) is 11.3 Å². The molecule has 0 atom stereocenters. The van der Waals surface area contributed by atoms with E-state index in [-0.39, 0.29) is 5.69 Å². The first kappa shape index (κ1) is 14.8. The topological polar surface area (TPSA) is 50.4 Å². The van der Waals surface area contributed by atoms with E-state index in [4.69, 9.17) is 4.74 Å². The number of nitrogens with one attached hydrogen (secondary N) is 2. The second kappa shape index (κ2) is 7.28. The predicted octanol–water partition coefficient (Wildman–Crippen LogP) is 3.33. The summed E-state index contributed by atoms with van der Waals surface area (Å²) >= 11 is 0. The minimum absolute atomic E-state index is 0.148. The van der Waals surface area contributed by atoms with Crippen molar-refractivity contribution >= 4 is 11.7 Å². The smallest absolute Gasteiger partial charge is 0.319 e. The third kappa shape index (κ3) is 4.80. The Bertz CT molecular complexity index is 617. The van der Waals surface area contributed by atoms with Crippen LogP contribution < -0.4 is 15.4 Å². The van der Waals surface area contributed by atoms with Crippen molar-refractivity contribution in [2.75, 3.05) is 18.5 Å². The molecule has 2 aromatic carbocycles. The Kier molecular flexibility index (Phi) is 5.15. The first-order valence-corrected chi connectivity index (χ1v) is 6.64. The molecule has 0 heterocycles. The van der Waals surface area contributed by atoms with Crippen LogP contribution in [0.2, 0.25) is 0 Å². The molecule has 0 saturated heterocycles. The number of urea groups is 1. The van der Waals surface area contributed by atoms with E-state index in [0.29, 0.717) is 13.2 Å². The molecule has 110 valence electrons. The summed E-state index contributed by atoms with van der Waals surface area (Å²) in [5, 5.41) is 5.04. The van der Waals surface area contributed by atoms with Crippen molar-refractivity contribution < 1.29 is 13.9 Å². The Morgan fingerprint density at radius 2 is 2.00 bits per heavy atom. The van der Waals surface area contributed by atoms with Crippen LogP contribution in [-0.4, -0.2) is 19.2 Å². The van der Waals surface area contributed by atoms with Crippen LogP contribution in [0, 0.1) is 12.7 Å². The normalized spacial score (nSPS) is 10.0. The van der Waals surface area contributed by atoms with E-state index < -0.39 is 11.8 Å². The number of benzene rings is 2. The van der Waals surface area contributed by atoms with Crippen LogP contribution in [0.5, 0.6) is 5.75 Å². The second-order valence-electron chi connectivity index (χ2n) is 4.53. The molecule has 2 amide bonds. The van der Waals surface area contributed by atoms with Gasteiger partial charge in [0.05, 0.1) is 12.2 Å². The molecule has 0 saturated carbocycles. The lowest BCUT2D eigenvalue weighted by molar-refractivity contribution is 0.247. The van der Waals surface area contributed by atoms with Gasteiger partial charge in [0.1, 0.15) is 18.2 Å². The van der Waals surface area contributed by atoms with Gasteiger partial charge in [-0.3, -0.25) is 0 Å². The summed E-state index contributed by atoms with van der Waals surface area (Å²) in [7, 11) is 0. The van der Waals surface area contributed by atoms with E-state index in [1.807, 2.05) is 31.2 Å². The van der Waals surface area contributed by atoms with Crippen LogP contribution in [0.3, 0.4) is 0 Å². The van der Waals surface area contributed by atoms with E-state index in [1.165, 1.54) is 12.1 Å². The molecule has 0 unspecified atom stereocenters. The van der Waals surface area contributed by atoms with Crippen LogP contribution in [-0.2, 0) is 0 Å². The summed E-state index contributed by atoms with van der Waals surface area (Å²) in [6.07, 6.45) is 0. The monoisotopic (exact) mass is 288 g/mol. The Hall–Kier alpha value is -2.56. The van der Waals surface area contributed by atoms with Gasteiger partial charge in [-0.1, -0.05) is 24.3 Å². The quantitative estimate of drug-likeness (QED) is 0.829. The highest BCUT2D eigenvalue weighted by Crippen LogP contribution is 2.12. The number of hydrogen-bond donors (Lipinski definition) is 2. The molecule has 4 nitrogen and oxygen atoms in total. The lowest BCUT2D eigenvalue weighted by atomic mass is 10.2. The molecule has 2 aromatic rings. The first-order chi connectivity index (χ1) is 10.1. The number of anilines is 1. The standard InChI is InChI=1S/C16H17FN2O2/c1-12-5-4-6-13(11-12)21-10-9-18-16(20)19-15-8-3-2-7-14(15)17/h2-8,11H,9-10H2,1H3,(H2,18,19,20). The van der Waals surface area contributed by atoms with E-state index in [9.17, 15) is 9.18 Å². The number of carbonyl (C=O) groups excluding carboxylic acids is 1. The average Bonchev–Trinajstić information content (AvgIpc) is 2.46. The molecule has 0 bridgehead atoms. The van der Waals surface area contributed by atoms with Crippen LogP contribution in [0.4, 0.5) is 14.9 Å². The van der Waals surface area contributed by atoms with Gasteiger partial charge in [-0.25, -0.2) is 9.18 Å². The Labute approximate surface area is 122 Å². The van der Waals surface area contributed by atoms with Crippen molar-refractivity contribution in [3.63, 3.8) is 0 Å². The molecule has 2 rings (SSSR count). The molecule has 0 aromatic heterocycles. The molecule has 0 aliphatic heterocycles. The highest BCUT2D eigenvalue weighted by Gasteiger charge is 2.05. The highest BCUT2D eigenvalue weighted by molar-refractivity contribution is 5.89. The van der Waals surface area contributed by atoms with Crippen LogP contribution in [0.25, 0.3) is 0 Å². The van der Waals surface area contributed by atoms with E-state index in [2.05, 4.69) is 10.6 Å². The molecule has 21 heavy (non-hydrogen) atoms. The van der Waals surface area contributed by atoms with Gasteiger partial charge < -0.3 is 15.4 Å². The minimum atomic E-state index is -0.469. The zero-order valence-electron chi connectivity index (χ0n) is 11.7. The van der Waals surface area contributed by atoms with Gasteiger partial charge in [0, 0.05) is 0 Å². The minimum Gasteiger partial charge on any atom is -0.492 e. The number of hydrogen-bond acceptors (Lipinski definition) is 2. The lowest BCUT2D eigenvalue weighted by Crippen LogP contribution is -2.32. The summed E-state index contributed by atoms with van der Waals surface area (Å²) in [5.74, 6) is 0.287. The summed E-state index contributed by atoms with van der Waals surface area (Å²) in [6.45, 7) is 2.65. The number of para-hydroxylation sites is 1. The summed E-state index contributed by atoms with van der Waals surface area (Å²) in [4.78, 5) is 11.6. The Balaban J connectivity index is 1.71. The summed E-state index contributed by atoms with van der Waals surface area (Å²) in [5.41, 5.74) is 1.26. The SMILES string of the molecule is Cc1cccc(OCCNC(=O)Nc2ccccc2F)c1. The van der Waals surface area contributed by atoms with Gasteiger partial charge in [-0.15, -0.1) is 0 Å². The molecular formula is C16H17FN2O2. The molecule has 0 aliphatic rings. The zero-order chi connectivity index (χ0) is 15.1. The maximum absolute atomic E-state index is 13.3. The zero-order valence-corrected chi connectivity index (χ0v) is 11.7. The molecule has 0 spiro atoms. The molecule has 5 heteroatoms. The largest absolute Gasteiger partial charge is 0.492 e. The Morgan fingerprint density at radius 1 is 1.19 bits per heavy atom. The van der Waals surface area contributed by atoms with Gasteiger partial charge in [0.25, 0.3) is 0 Å². The van der Waals surface area contributed by atoms with Gasteiger partial charge in [-0.05, 0) is 36.8 Å². The van der Waals surface area contributed by atoms with Crippen molar-refractivity contribution in [3.8, 4) is 5.75 Å². The molecule has 0 radical (unpaired) electrons. The maximum Gasteiger partial charge on any atom is 0.319 e. The Morgan fingerprint density at radius 3 is 2.76 bits per heavy atom. The fraction of sp³-hybridized carbons (Fsp3) is 0.188. The van der Waals surface area contributed by atoms with Crippen molar-refractivity contribution in [2.24, 2.45) is 0 Å². The van der Waals surface area contributed by atoms with Crippen molar-refractivity contribution in [1.29, 1.82) is 0 Å². The maximum atomic E-state index is 13.3.